The van der Waals surface area contributed by atoms with E-state index in [0.717, 1.165) is 0 Å². The molecule has 0 saturated carbocycles. The number of hydrogen-bond donors (Lipinski definition) is 6. The van der Waals surface area contributed by atoms with Crippen molar-refractivity contribution in [3.8, 4) is 0 Å². The quantitative estimate of drug-likeness (QED) is 0.104. The molecule has 38 heavy (non-hydrogen) atoms. The summed E-state index contributed by atoms with van der Waals surface area (Å²) in [5.41, 5.74) is 0. The molecule has 4 unspecified atom stereocenters. The first-order valence-corrected chi connectivity index (χ1v) is 13.6. The van der Waals surface area contributed by atoms with E-state index in [1.807, 2.05) is 0 Å². The molecule has 4 amide bonds. The fourth-order valence-electron chi connectivity index (χ4n) is 3.77. The molecule has 0 rings (SSSR count). The van der Waals surface area contributed by atoms with Crippen molar-refractivity contribution in [2.75, 3.05) is 39.3 Å². The van der Waals surface area contributed by atoms with Gasteiger partial charge in [-0.1, -0.05) is 0 Å². The van der Waals surface area contributed by atoms with Crippen LogP contribution in [-0.2, 0) is 19.2 Å². The molecule has 0 aliphatic rings. The lowest BCUT2D eigenvalue weighted by atomic mass is 10.2. The van der Waals surface area contributed by atoms with Gasteiger partial charge in [0, 0.05) is 39.3 Å². The van der Waals surface area contributed by atoms with Gasteiger partial charge in [0.15, 0.2) is 0 Å². The Labute approximate surface area is 226 Å². The van der Waals surface area contributed by atoms with Crippen LogP contribution in [0.25, 0.3) is 0 Å². The molecule has 0 heterocycles. The number of nitrogens with one attached hydrogen (secondary N) is 2. The monoisotopic (exact) mass is 546 g/mol. The fourth-order valence-corrected chi connectivity index (χ4v) is 3.77. The van der Waals surface area contributed by atoms with Gasteiger partial charge in [0.25, 0.3) is 0 Å². The van der Waals surface area contributed by atoms with Crippen LogP contribution < -0.4 is 10.6 Å². The third-order valence-electron chi connectivity index (χ3n) is 5.57. The maximum atomic E-state index is 12.6. The van der Waals surface area contributed by atoms with Crippen molar-refractivity contribution in [3.05, 3.63) is 0 Å². The second-order valence-corrected chi connectivity index (χ2v) is 10.1. The van der Waals surface area contributed by atoms with E-state index >= 15 is 0 Å². The number of rotatable bonds is 21. The Morgan fingerprint density at radius 1 is 0.526 bits per heavy atom. The highest BCUT2D eigenvalue weighted by atomic mass is 16.3. The van der Waals surface area contributed by atoms with Crippen LogP contribution in [0.3, 0.4) is 0 Å². The molecule has 0 fully saturated rings. The highest BCUT2D eigenvalue weighted by Crippen LogP contribution is 2.07. The Balaban J connectivity index is 4.75. The van der Waals surface area contributed by atoms with Crippen molar-refractivity contribution in [2.24, 2.45) is 0 Å². The van der Waals surface area contributed by atoms with Gasteiger partial charge in [0.05, 0.1) is 50.1 Å². The summed E-state index contributed by atoms with van der Waals surface area (Å²) in [7, 11) is 0. The topological polar surface area (TPSA) is 180 Å². The van der Waals surface area contributed by atoms with Crippen LogP contribution in [-0.4, -0.2) is 118 Å². The molecule has 4 atom stereocenters. The SMILES string of the molecule is CC(O)CC(=O)NCCCN(CCCCN(CCCNC(=O)CC(C)O)C(=O)CC(C)O)C(=O)CC(C)O. The van der Waals surface area contributed by atoms with Gasteiger partial charge in [-0.05, 0) is 53.4 Å². The summed E-state index contributed by atoms with van der Waals surface area (Å²) in [4.78, 5) is 51.8. The van der Waals surface area contributed by atoms with Crippen molar-refractivity contribution < 1.29 is 39.6 Å². The average Bonchev–Trinajstić information content (AvgIpc) is 2.77. The van der Waals surface area contributed by atoms with Crippen molar-refractivity contribution in [3.63, 3.8) is 0 Å². The molecule has 0 aromatic heterocycles. The maximum absolute atomic E-state index is 12.6. The number of carbonyl (C=O) groups is 4. The van der Waals surface area contributed by atoms with Gasteiger partial charge in [-0.2, -0.15) is 0 Å². The molecule has 0 spiro atoms. The van der Waals surface area contributed by atoms with Gasteiger partial charge in [0.1, 0.15) is 0 Å². The fraction of sp³-hybridized carbons (Fsp3) is 0.846. The first-order valence-electron chi connectivity index (χ1n) is 13.6. The highest BCUT2D eigenvalue weighted by molar-refractivity contribution is 5.78. The summed E-state index contributed by atoms with van der Waals surface area (Å²) in [6.07, 6.45) is -0.689. The largest absolute Gasteiger partial charge is 0.393 e. The normalized spacial score (nSPS) is 14.2. The predicted octanol–water partition coefficient (Wildman–Crippen LogP) is -0.480. The third-order valence-corrected chi connectivity index (χ3v) is 5.57. The van der Waals surface area contributed by atoms with Gasteiger partial charge in [-0.25, -0.2) is 0 Å². The zero-order chi connectivity index (χ0) is 29.1. The molecular weight excluding hydrogens is 496 g/mol. The first kappa shape index (κ1) is 35.7. The number of hydrogen-bond acceptors (Lipinski definition) is 8. The molecule has 0 aromatic carbocycles. The Morgan fingerprint density at radius 3 is 1.11 bits per heavy atom. The van der Waals surface area contributed by atoms with Gasteiger partial charge in [0.2, 0.25) is 23.6 Å². The zero-order valence-electron chi connectivity index (χ0n) is 23.5. The lowest BCUT2D eigenvalue weighted by Crippen LogP contribution is -2.38. The molecule has 0 aromatic rings. The summed E-state index contributed by atoms with van der Waals surface area (Å²) in [5.74, 6) is -0.895. The van der Waals surface area contributed by atoms with Gasteiger partial charge < -0.3 is 40.9 Å². The summed E-state index contributed by atoms with van der Waals surface area (Å²) in [5, 5.41) is 43.2. The van der Waals surface area contributed by atoms with E-state index in [9.17, 15) is 39.6 Å². The molecule has 0 radical (unpaired) electrons. The minimum absolute atomic E-state index is 0.00579. The number of carbonyl (C=O) groups excluding carboxylic acids is 4. The Kier molecular flexibility index (Phi) is 19.4. The summed E-state index contributed by atoms with van der Waals surface area (Å²) in [6.45, 7) is 8.55. The molecule has 0 aliphatic heterocycles. The van der Waals surface area contributed by atoms with Crippen LogP contribution in [0.1, 0.15) is 79.1 Å². The minimum atomic E-state index is -0.773. The molecule has 0 saturated heterocycles. The zero-order valence-corrected chi connectivity index (χ0v) is 23.5. The van der Waals surface area contributed by atoms with Crippen molar-refractivity contribution in [1.29, 1.82) is 0 Å². The van der Waals surface area contributed by atoms with E-state index in [2.05, 4.69) is 10.6 Å². The summed E-state index contributed by atoms with van der Waals surface area (Å²) in [6, 6.07) is 0. The van der Waals surface area contributed by atoms with Crippen LogP contribution in [0.15, 0.2) is 0 Å². The van der Waals surface area contributed by atoms with E-state index in [-0.39, 0.29) is 49.3 Å². The second kappa shape index (κ2) is 20.7. The van der Waals surface area contributed by atoms with Crippen molar-refractivity contribution >= 4 is 23.6 Å². The van der Waals surface area contributed by atoms with Crippen molar-refractivity contribution in [1.82, 2.24) is 20.4 Å². The van der Waals surface area contributed by atoms with E-state index < -0.39 is 24.4 Å². The highest BCUT2D eigenvalue weighted by Gasteiger charge is 2.18. The van der Waals surface area contributed by atoms with Gasteiger partial charge in [-0.3, -0.25) is 19.2 Å². The lowest BCUT2D eigenvalue weighted by Gasteiger charge is -2.26. The molecule has 6 N–H and O–H groups in total. The molecule has 12 heteroatoms. The molecule has 0 aliphatic carbocycles. The van der Waals surface area contributed by atoms with Gasteiger partial charge in [-0.15, -0.1) is 0 Å². The van der Waals surface area contributed by atoms with Crippen molar-refractivity contribution in [2.45, 2.75) is 103 Å². The molecule has 0 bridgehead atoms. The minimum Gasteiger partial charge on any atom is -0.393 e. The lowest BCUT2D eigenvalue weighted by molar-refractivity contribution is -0.134. The molecule has 222 valence electrons. The average molecular weight is 547 g/mol. The predicted molar refractivity (Wildman–Crippen MR) is 143 cm³/mol. The van der Waals surface area contributed by atoms with E-state index in [1.165, 1.54) is 13.8 Å². The smallest absolute Gasteiger partial charge is 0.225 e. The van der Waals surface area contributed by atoms with Crippen LogP contribution >= 0.6 is 0 Å². The van der Waals surface area contributed by atoms with Crippen LogP contribution in [0.5, 0.6) is 0 Å². The van der Waals surface area contributed by atoms with Crippen LogP contribution in [0, 0.1) is 0 Å². The van der Waals surface area contributed by atoms with E-state index in [1.54, 1.807) is 23.6 Å². The number of aliphatic hydroxyl groups excluding tert-OH is 4. The number of nitrogens with zero attached hydrogens (tertiary/aromatic N) is 2. The second-order valence-electron chi connectivity index (χ2n) is 10.1. The summed E-state index contributed by atoms with van der Waals surface area (Å²) < 4.78 is 0. The number of aliphatic hydroxyl groups is 4. The number of unbranched alkanes of at least 4 members (excludes halogenated alkanes) is 1. The van der Waals surface area contributed by atoms with E-state index in [4.69, 9.17) is 0 Å². The standard InChI is InChI=1S/C26H50N4O8/c1-19(31)15-23(35)27-9-7-13-29(25(37)17-21(3)33)11-5-6-12-30(26(38)18-22(4)34)14-8-10-28-24(36)16-20(2)32/h19-22,31-34H,5-18H2,1-4H3,(H,27,35)(H,28,36). The molecular formula is C26H50N4O8. The van der Waals surface area contributed by atoms with Crippen LogP contribution in [0.2, 0.25) is 0 Å². The molecule has 12 nitrogen and oxygen atoms in total. The van der Waals surface area contributed by atoms with Crippen LogP contribution in [0.4, 0.5) is 0 Å². The third kappa shape index (κ3) is 19.8. The Morgan fingerprint density at radius 2 is 0.816 bits per heavy atom. The maximum Gasteiger partial charge on any atom is 0.225 e. The number of amides is 4. The Hall–Kier alpha value is -2.28. The van der Waals surface area contributed by atoms with Gasteiger partial charge >= 0.3 is 0 Å². The summed E-state index contributed by atoms with van der Waals surface area (Å²) >= 11 is 0. The Bertz CT molecular complexity index is 643. The van der Waals surface area contributed by atoms with E-state index in [0.29, 0.717) is 65.0 Å². The first-order chi connectivity index (χ1) is 17.8.